The maximum Gasteiger partial charge on any atom is 0.438 e. The highest BCUT2D eigenvalue weighted by molar-refractivity contribution is 7.99. The van der Waals surface area contributed by atoms with Gasteiger partial charge in [0.1, 0.15) is 0 Å². The van der Waals surface area contributed by atoms with Crippen LogP contribution in [0.2, 0.25) is 5.02 Å². The van der Waals surface area contributed by atoms with Gasteiger partial charge in [-0.25, -0.2) is 0 Å². The van der Waals surface area contributed by atoms with Crippen LogP contribution in [0.3, 0.4) is 0 Å². The zero-order valence-corrected chi connectivity index (χ0v) is 12.6. The summed E-state index contributed by atoms with van der Waals surface area (Å²) in [6.45, 7) is 0. The first-order chi connectivity index (χ1) is 10.4. The molecule has 0 aliphatic carbocycles. The van der Waals surface area contributed by atoms with Crippen LogP contribution in [0.15, 0.2) is 48.5 Å². The van der Waals surface area contributed by atoms with Gasteiger partial charge >= 0.3 is 5.44 Å². The quantitative estimate of drug-likeness (QED) is 0.527. The minimum absolute atomic E-state index is 0.0139. The SMILES string of the molecule is O=C(c1ccc(Cl)cc1)c1ccc(CSC(F)(F)OF)cc1. The van der Waals surface area contributed by atoms with E-state index in [0.29, 0.717) is 21.7 Å². The summed E-state index contributed by atoms with van der Waals surface area (Å²) in [6.07, 6.45) is 0. The normalized spacial score (nSPS) is 11.5. The predicted octanol–water partition coefficient (Wildman–Crippen LogP) is 5.26. The van der Waals surface area contributed by atoms with Crippen LogP contribution in [0.1, 0.15) is 21.5 Å². The van der Waals surface area contributed by atoms with Crippen molar-refractivity contribution >= 4 is 29.1 Å². The second kappa shape index (κ2) is 7.17. The Bertz CT molecular complexity index is 645. The van der Waals surface area contributed by atoms with E-state index < -0.39 is 5.44 Å². The molecule has 2 aromatic rings. The number of alkyl halides is 2. The van der Waals surface area contributed by atoms with E-state index in [1.54, 1.807) is 24.3 Å². The van der Waals surface area contributed by atoms with Crippen molar-refractivity contribution in [2.24, 2.45) is 0 Å². The van der Waals surface area contributed by atoms with Crippen LogP contribution < -0.4 is 0 Å². The number of carbonyl (C=O) groups excluding carboxylic acids is 1. The molecule has 0 saturated carbocycles. The minimum atomic E-state index is -3.88. The lowest BCUT2D eigenvalue weighted by Gasteiger charge is -2.09. The van der Waals surface area contributed by atoms with Gasteiger partial charge in [0.25, 0.3) is 0 Å². The molecule has 0 heterocycles. The molecule has 2 rings (SSSR count). The number of benzene rings is 2. The second-order valence-corrected chi connectivity index (χ2v) is 5.85. The monoisotopic (exact) mass is 346 g/mol. The van der Waals surface area contributed by atoms with Crippen molar-refractivity contribution in [1.29, 1.82) is 0 Å². The van der Waals surface area contributed by atoms with Crippen LogP contribution in [0.4, 0.5) is 13.3 Å². The Balaban J connectivity index is 2.05. The van der Waals surface area contributed by atoms with E-state index in [1.807, 2.05) is 0 Å². The van der Waals surface area contributed by atoms with Crippen LogP contribution in [0, 0.1) is 0 Å². The zero-order valence-electron chi connectivity index (χ0n) is 11.1. The standard InChI is InChI=1S/C15H10ClF3O2S/c16-13-7-5-12(6-8-13)14(20)11-3-1-10(2-4-11)9-22-15(17,18)21-19/h1-8H,9H2. The summed E-state index contributed by atoms with van der Waals surface area (Å²) < 4.78 is 36.7. The Hall–Kier alpha value is -1.50. The zero-order chi connectivity index (χ0) is 16.2. The molecule has 2 nitrogen and oxygen atoms in total. The molecule has 0 spiro atoms. The molecule has 0 radical (unpaired) electrons. The molecule has 116 valence electrons. The molecule has 0 N–H and O–H groups in total. The van der Waals surface area contributed by atoms with Crippen molar-refractivity contribution in [3.63, 3.8) is 0 Å². The molecule has 0 aromatic heterocycles. The van der Waals surface area contributed by atoms with E-state index in [-0.39, 0.29) is 23.3 Å². The van der Waals surface area contributed by atoms with Gasteiger partial charge in [0.05, 0.1) is 0 Å². The maximum absolute atomic E-state index is 12.6. The number of carbonyl (C=O) groups is 1. The topological polar surface area (TPSA) is 26.3 Å². The Morgan fingerprint density at radius 3 is 2.05 bits per heavy atom. The highest BCUT2D eigenvalue weighted by Gasteiger charge is 2.32. The molecule has 0 saturated heterocycles. The average Bonchev–Trinajstić information content (AvgIpc) is 2.54. The van der Waals surface area contributed by atoms with Gasteiger partial charge < -0.3 is 0 Å². The highest BCUT2D eigenvalue weighted by atomic mass is 35.5. The minimum Gasteiger partial charge on any atom is -0.289 e. The first-order valence-electron chi connectivity index (χ1n) is 6.12. The molecule has 0 amide bonds. The fourth-order valence-corrected chi connectivity index (χ4v) is 2.41. The third-order valence-corrected chi connectivity index (χ3v) is 3.95. The largest absolute Gasteiger partial charge is 0.438 e. The van der Waals surface area contributed by atoms with E-state index in [1.165, 1.54) is 24.3 Å². The summed E-state index contributed by atoms with van der Waals surface area (Å²) in [5.74, 6) is -0.347. The van der Waals surface area contributed by atoms with Gasteiger partial charge in [-0.2, -0.15) is 8.78 Å². The van der Waals surface area contributed by atoms with Gasteiger partial charge in [-0.15, -0.1) is 4.94 Å². The van der Waals surface area contributed by atoms with E-state index in [2.05, 4.69) is 4.94 Å². The molecule has 22 heavy (non-hydrogen) atoms. The number of hydrogen-bond donors (Lipinski definition) is 0. The number of hydrogen-bond acceptors (Lipinski definition) is 3. The average molecular weight is 347 g/mol. The number of thioether (sulfide) groups is 1. The summed E-state index contributed by atoms with van der Waals surface area (Å²) in [4.78, 5) is 14.7. The van der Waals surface area contributed by atoms with Gasteiger partial charge in [0, 0.05) is 21.9 Å². The lowest BCUT2D eigenvalue weighted by Crippen LogP contribution is -2.10. The Morgan fingerprint density at radius 2 is 1.55 bits per heavy atom. The molecule has 7 heteroatoms. The van der Waals surface area contributed by atoms with Gasteiger partial charge in [-0.3, -0.25) is 4.79 Å². The van der Waals surface area contributed by atoms with Crippen LogP contribution in [0.25, 0.3) is 0 Å². The number of halogens is 4. The molecule has 0 unspecified atom stereocenters. The summed E-state index contributed by atoms with van der Waals surface area (Å²) in [6, 6.07) is 12.6. The summed E-state index contributed by atoms with van der Waals surface area (Å²) in [7, 11) is 0. The highest BCUT2D eigenvalue weighted by Crippen LogP contribution is 2.33. The summed E-state index contributed by atoms with van der Waals surface area (Å²) >= 11 is 5.77. The molecule has 0 aliphatic rings. The van der Waals surface area contributed by atoms with E-state index >= 15 is 0 Å². The molecular weight excluding hydrogens is 337 g/mol. The molecule has 0 atom stereocenters. The van der Waals surface area contributed by atoms with Crippen molar-refractivity contribution in [1.82, 2.24) is 0 Å². The fourth-order valence-electron chi connectivity index (χ4n) is 1.71. The van der Waals surface area contributed by atoms with Gasteiger partial charge in [-0.1, -0.05) is 35.9 Å². The number of ketones is 1. The fraction of sp³-hybridized carbons (Fsp3) is 0.133. The van der Waals surface area contributed by atoms with Crippen molar-refractivity contribution in [2.45, 2.75) is 11.2 Å². The van der Waals surface area contributed by atoms with Crippen LogP contribution in [0.5, 0.6) is 0 Å². The Morgan fingerprint density at radius 1 is 1.05 bits per heavy atom. The summed E-state index contributed by atoms with van der Waals surface area (Å²) in [5.41, 5.74) is -2.46. The van der Waals surface area contributed by atoms with E-state index in [4.69, 9.17) is 11.6 Å². The second-order valence-electron chi connectivity index (χ2n) is 4.36. The lowest BCUT2D eigenvalue weighted by atomic mass is 10.0. The maximum atomic E-state index is 12.6. The first kappa shape index (κ1) is 16.9. The van der Waals surface area contributed by atoms with Gasteiger partial charge in [0.15, 0.2) is 5.78 Å². The molecule has 0 aliphatic heterocycles. The predicted molar refractivity (Wildman–Crippen MR) is 79.8 cm³/mol. The van der Waals surface area contributed by atoms with Crippen molar-refractivity contribution in [3.05, 3.63) is 70.2 Å². The van der Waals surface area contributed by atoms with Gasteiger partial charge in [0.2, 0.25) is 0 Å². The van der Waals surface area contributed by atoms with Crippen LogP contribution >= 0.6 is 23.4 Å². The lowest BCUT2D eigenvalue weighted by molar-refractivity contribution is -0.300. The molecule has 2 aromatic carbocycles. The molecule has 0 bridgehead atoms. The molecular formula is C15H10ClF3O2S. The first-order valence-corrected chi connectivity index (χ1v) is 7.48. The smallest absolute Gasteiger partial charge is 0.289 e. The third-order valence-electron chi connectivity index (χ3n) is 2.82. The van der Waals surface area contributed by atoms with Crippen molar-refractivity contribution in [2.75, 3.05) is 0 Å². The van der Waals surface area contributed by atoms with E-state index in [9.17, 15) is 18.1 Å². The Labute approximate surface area is 134 Å². The van der Waals surface area contributed by atoms with Crippen molar-refractivity contribution < 1.29 is 23.0 Å². The molecule has 0 fully saturated rings. The number of rotatable bonds is 6. The summed E-state index contributed by atoms with van der Waals surface area (Å²) in [5, 5.41) is 0.528. The van der Waals surface area contributed by atoms with Crippen LogP contribution in [-0.4, -0.2) is 11.2 Å². The van der Waals surface area contributed by atoms with Crippen molar-refractivity contribution in [3.8, 4) is 0 Å². The van der Waals surface area contributed by atoms with Crippen LogP contribution in [-0.2, 0) is 10.7 Å². The third kappa shape index (κ3) is 4.50. The van der Waals surface area contributed by atoms with Gasteiger partial charge in [-0.05, 0) is 46.1 Å². The van der Waals surface area contributed by atoms with E-state index in [0.717, 1.165) is 0 Å². The Kier molecular flexibility index (Phi) is 5.50.